The Bertz CT molecular complexity index is 1190. The van der Waals surface area contributed by atoms with Crippen molar-refractivity contribution in [3.8, 4) is 27.7 Å². The molecule has 1 aliphatic heterocycles. The van der Waals surface area contributed by atoms with E-state index in [4.69, 9.17) is 14.2 Å². The molecule has 2 aromatic carbocycles. The average Bonchev–Trinajstić information content (AvgIpc) is 3.27. The Morgan fingerprint density at radius 2 is 1.81 bits per heavy atom. The zero-order chi connectivity index (χ0) is 21.8. The smallest absolute Gasteiger partial charge is 0.165 e. The molecule has 1 saturated heterocycles. The highest BCUT2D eigenvalue weighted by Crippen LogP contribution is 2.39. The number of ether oxygens (including phenoxy) is 3. The van der Waals surface area contributed by atoms with Gasteiger partial charge in [0.1, 0.15) is 18.1 Å². The van der Waals surface area contributed by atoms with Crippen molar-refractivity contribution in [3.05, 3.63) is 72.7 Å². The van der Waals surface area contributed by atoms with Crippen LogP contribution in [-0.4, -0.2) is 49.3 Å². The summed E-state index contributed by atoms with van der Waals surface area (Å²) in [5.41, 5.74) is 1.90. The second kappa shape index (κ2) is 9.65. The van der Waals surface area contributed by atoms with E-state index in [2.05, 4.69) is 9.88 Å². The minimum Gasteiger partial charge on any atom is -0.492 e. The van der Waals surface area contributed by atoms with E-state index < -0.39 is 5.82 Å². The van der Waals surface area contributed by atoms with Crippen LogP contribution in [0, 0.1) is 5.82 Å². The van der Waals surface area contributed by atoms with Crippen LogP contribution in [0.15, 0.2) is 66.9 Å². The number of halogens is 1. The van der Waals surface area contributed by atoms with E-state index in [1.807, 2.05) is 30.3 Å². The summed E-state index contributed by atoms with van der Waals surface area (Å²) in [6.07, 6.45) is 1.68. The first-order valence-corrected chi connectivity index (χ1v) is 11.4. The summed E-state index contributed by atoms with van der Waals surface area (Å²) in [5.74, 6) is 1.26. The zero-order valence-corrected chi connectivity index (χ0v) is 18.3. The van der Waals surface area contributed by atoms with E-state index in [0.29, 0.717) is 12.4 Å². The quantitative estimate of drug-likeness (QED) is 0.366. The van der Waals surface area contributed by atoms with Crippen molar-refractivity contribution >= 4 is 21.6 Å². The third-order valence-corrected chi connectivity index (χ3v) is 6.54. The molecule has 2 aromatic heterocycles. The monoisotopic (exact) mass is 450 g/mol. The van der Waals surface area contributed by atoms with E-state index in [1.165, 1.54) is 6.07 Å². The Hall–Kier alpha value is -3.00. The number of hydrogen-bond donors (Lipinski definition) is 0. The molecule has 0 bridgehead atoms. The molecule has 0 saturated carbocycles. The lowest BCUT2D eigenvalue weighted by molar-refractivity contribution is 0.0322. The molecule has 5 nitrogen and oxygen atoms in total. The Morgan fingerprint density at radius 1 is 1.00 bits per heavy atom. The van der Waals surface area contributed by atoms with Crippen molar-refractivity contribution in [3.63, 3.8) is 0 Å². The minimum absolute atomic E-state index is 0.202. The molecule has 0 radical (unpaired) electrons. The molecule has 0 unspecified atom stereocenters. The molecule has 0 aliphatic carbocycles. The lowest BCUT2D eigenvalue weighted by Crippen LogP contribution is -2.38. The summed E-state index contributed by atoms with van der Waals surface area (Å²) in [6, 6.07) is 18.3. The fraction of sp³-hybridized carbons (Fsp3) is 0.240. The Balaban J connectivity index is 1.28. The van der Waals surface area contributed by atoms with Gasteiger partial charge in [-0.15, -0.1) is 11.3 Å². The molecule has 164 valence electrons. The Kier molecular flexibility index (Phi) is 6.29. The summed E-state index contributed by atoms with van der Waals surface area (Å²) in [6.45, 7) is 5.08. The van der Waals surface area contributed by atoms with Crippen molar-refractivity contribution < 1.29 is 18.6 Å². The third kappa shape index (κ3) is 4.75. The van der Waals surface area contributed by atoms with E-state index in [-0.39, 0.29) is 5.75 Å². The fourth-order valence-electron chi connectivity index (χ4n) is 3.62. The van der Waals surface area contributed by atoms with Gasteiger partial charge < -0.3 is 14.2 Å². The second-order valence-electron chi connectivity index (χ2n) is 7.49. The molecule has 0 N–H and O–H groups in total. The molecule has 0 spiro atoms. The maximum Gasteiger partial charge on any atom is 0.165 e. The maximum absolute atomic E-state index is 14.0. The van der Waals surface area contributed by atoms with Crippen LogP contribution in [0.25, 0.3) is 20.7 Å². The van der Waals surface area contributed by atoms with Crippen LogP contribution < -0.4 is 9.47 Å². The fourth-order valence-corrected chi connectivity index (χ4v) is 4.69. The minimum atomic E-state index is -0.390. The van der Waals surface area contributed by atoms with Crippen LogP contribution in [0.5, 0.6) is 17.2 Å². The standard InChI is InChI=1S/C25H23FN2O3S/c26-20-3-1-2-4-22(20)31-23-9-10-27-21-17-24(32-25(21)23)18-5-7-19(8-6-18)30-16-13-28-11-14-29-15-12-28/h1-10,17H,11-16H2. The lowest BCUT2D eigenvalue weighted by Gasteiger charge is -2.26. The first-order valence-electron chi connectivity index (χ1n) is 10.6. The van der Waals surface area contributed by atoms with Gasteiger partial charge in [0.05, 0.1) is 23.4 Å². The highest BCUT2D eigenvalue weighted by atomic mass is 32.1. The molecule has 32 heavy (non-hydrogen) atoms. The number of benzene rings is 2. The van der Waals surface area contributed by atoms with Crippen LogP contribution >= 0.6 is 11.3 Å². The molecule has 4 aromatic rings. The number of morpholine rings is 1. The first kappa shape index (κ1) is 20.9. The van der Waals surface area contributed by atoms with Gasteiger partial charge in [-0.25, -0.2) is 4.39 Å². The molecule has 0 atom stereocenters. The summed E-state index contributed by atoms with van der Waals surface area (Å²) in [5, 5.41) is 0. The highest BCUT2D eigenvalue weighted by molar-refractivity contribution is 7.22. The largest absolute Gasteiger partial charge is 0.492 e. The van der Waals surface area contributed by atoms with Gasteiger partial charge in [0.15, 0.2) is 11.6 Å². The van der Waals surface area contributed by atoms with Gasteiger partial charge >= 0.3 is 0 Å². The zero-order valence-electron chi connectivity index (χ0n) is 17.5. The molecule has 5 rings (SSSR count). The molecule has 7 heteroatoms. The van der Waals surface area contributed by atoms with Crippen molar-refractivity contribution in [2.24, 2.45) is 0 Å². The van der Waals surface area contributed by atoms with Gasteiger partial charge in [-0.2, -0.15) is 0 Å². The van der Waals surface area contributed by atoms with Crippen molar-refractivity contribution in [1.29, 1.82) is 0 Å². The molecule has 0 amide bonds. The number of para-hydroxylation sites is 1. The summed E-state index contributed by atoms with van der Waals surface area (Å²) in [4.78, 5) is 7.87. The van der Waals surface area contributed by atoms with Crippen molar-refractivity contribution in [1.82, 2.24) is 9.88 Å². The van der Waals surface area contributed by atoms with Crippen LogP contribution in [0.1, 0.15) is 0 Å². The number of thiophene rings is 1. The second-order valence-corrected chi connectivity index (χ2v) is 8.55. The summed E-state index contributed by atoms with van der Waals surface area (Å²) < 4.78 is 32.0. The van der Waals surface area contributed by atoms with Crippen molar-refractivity contribution in [2.45, 2.75) is 0 Å². The third-order valence-electron chi connectivity index (χ3n) is 5.35. The van der Waals surface area contributed by atoms with Gasteiger partial charge in [-0.1, -0.05) is 12.1 Å². The maximum atomic E-state index is 14.0. The Labute approximate surface area is 190 Å². The molecule has 1 aliphatic rings. The van der Waals surface area contributed by atoms with E-state index in [1.54, 1.807) is 41.8 Å². The topological polar surface area (TPSA) is 43.8 Å². The van der Waals surface area contributed by atoms with Gasteiger partial charge in [0, 0.05) is 36.8 Å². The summed E-state index contributed by atoms with van der Waals surface area (Å²) >= 11 is 1.58. The van der Waals surface area contributed by atoms with Crippen LogP contribution in [0.4, 0.5) is 4.39 Å². The van der Waals surface area contributed by atoms with E-state index in [0.717, 1.165) is 59.3 Å². The van der Waals surface area contributed by atoms with E-state index >= 15 is 0 Å². The molecule has 1 fully saturated rings. The molecular weight excluding hydrogens is 427 g/mol. The normalized spacial score (nSPS) is 14.5. The van der Waals surface area contributed by atoms with Crippen LogP contribution in [0.2, 0.25) is 0 Å². The number of pyridine rings is 1. The van der Waals surface area contributed by atoms with Gasteiger partial charge in [-0.05, 0) is 48.0 Å². The van der Waals surface area contributed by atoms with Crippen LogP contribution in [-0.2, 0) is 4.74 Å². The average molecular weight is 451 g/mol. The first-order chi connectivity index (χ1) is 15.8. The van der Waals surface area contributed by atoms with Crippen LogP contribution in [0.3, 0.4) is 0 Å². The highest BCUT2D eigenvalue weighted by Gasteiger charge is 2.13. The number of hydrogen-bond acceptors (Lipinski definition) is 6. The van der Waals surface area contributed by atoms with Crippen molar-refractivity contribution in [2.75, 3.05) is 39.5 Å². The lowest BCUT2D eigenvalue weighted by atomic mass is 10.2. The predicted molar refractivity (Wildman–Crippen MR) is 124 cm³/mol. The van der Waals surface area contributed by atoms with Gasteiger partial charge in [-0.3, -0.25) is 9.88 Å². The summed E-state index contributed by atoms with van der Waals surface area (Å²) in [7, 11) is 0. The Morgan fingerprint density at radius 3 is 2.62 bits per heavy atom. The number of aromatic nitrogens is 1. The molecular formula is C25H23FN2O3S. The van der Waals surface area contributed by atoms with Gasteiger partial charge in [0.2, 0.25) is 0 Å². The SMILES string of the molecule is Fc1ccccc1Oc1ccnc2cc(-c3ccc(OCCN4CCOCC4)cc3)sc12. The molecule has 3 heterocycles. The number of rotatable bonds is 7. The van der Waals surface area contributed by atoms with Gasteiger partial charge in [0.25, 0.3) is 0 Å². The predicted octanol–water partition coefficient (Wildman–Crippen LogP) is 5.61. The van der Waals surface area contributed by atoms with E-state index in [9.17, 15) is 4.39 Å². The number of fused-ring (bicyclic) bond motifs is 1. The number of nitrogens with zero attached hydrogens (tertiary/aromatic N) is 2.